The molecule has 3 nitrogen and oxygen atoms in total. The van der Waals surface area contributed by atoms with Crippen LogP contribution in [0.5, 0.6) is 5.75 Å². The average Bonchev–Trinajstić information content (AvgIpc) is 2.45. The topological polar surface area (TPSA) is 35.5 Å². The smallest absolute Gasteiger partial charge is 0.423 e. The zero-order chi connectivity index (χ0) is 17.8. The maximum Gasteiger partial charge on any atom is 0.423 e. The van der Waals surface area contributed by atoms with E-state index in [2.05, 4.69) is 4.74 Å². The van der Waals surface area contributed by atoms with Gasteiger partial charge in [0.15, 0.2) is 5.78 Å². The van der Waals surface area contributed by atoms with Crippen molar-refractivity contribution in [3.05, 3.63) is 29.8 Å². The summed E-state index contributed by atoms with van der Waals surface area (Å²) in [5.74, 6) is -0.562. The summed E-state index contributed by atoms with van der Waals surface area (Å²) in [7, 11) is 1.34. The number of methoxy groups -OCH3 is 1. The summed E-state index contributed by atoms with van der Waals surface area (Å²) in [6.07, 6.45) is -17.7. The highest BCUT2D eigenvalue weighted by molar-refractivity contribution is 5.84. The highest BCUT2D eigenvalue weighted by Crippen LogP contribution is 2.39. The van der Waals surface area contributed by atoms with Crippen molar-refractivity contribution in [1.82, 2.24) is 0 Å². The summed E-state index contributed by atoms with van der Waals surface area (Å²) in [5.41, 5.74) is -0.115. The number of alkyl halides is 6. The van der Waals surface area contributed by atoms with Gasteiger partial charge < -0.3 is 9.47 Å². The van der Waals surface area contributed by atoms with Gasteiger partial charge in [-0.3, -0.25) is 4.79 Å². The van der Waals surface area contributed by atoms with Crippen LogP contribution in [-0.4, -0.2) is 31.3 Å². The summed E-state index contributed by atoms with van der Waals surface area (Å²) in [6, 6.07) is 4.98. The molecule has 0 spiro atoms. The van der Waals surface area contributed by atoms with Crippen molar-refractivity contribution in [2.75, 3.05) is 7.11 Å². The minimum Gasteiger partial charge on any atom is -0.497 e. The lowest BCUT2D eigenvalue weighted by Gasteiger charge is -2.27. The van der Waals surface area contributed by atoms with Gasteiger partial charge in [0.2, 0.25) is 6.10 Å². The number of carbonyl (C=O) groups is 1. The third-order valence-corrected chi connectivity index (χ3v) is 2.93. The molecule has 130 valence electrons. The van der Waals surface area contributed by atoms with Crippen molar-refractivity contribution in [1.29, 1.82) is 0 Å². The lowest BCUT2D eigenvalue weighted by Crippen LogP contribution is -2.45. The normalized spacial score (nSPS) is 14.0. The average molecular weight is 344 g/mol. The Morgan fingerprint density at radius 2 is 1.52 bits per heavy atom. The van der Waals surface area contributed by atoms with Crippen LogP contribution in [0, 0.1) is 0 Å². The number of ether oxygens (including phenoxy) is 2. The molecular formula is C14H14F6O3. The quantitative estimate of drug-likeness (QED) is 0.725. The molecule has 23 heavy (non-hydrogen) atoms. The molecule has 0 aromatic heterocycles. The Labute approximate surface area is 128 Å². The van der Waals surface area contributed by atoms with Crippen molar-refractivity contribution in [3.63, 3.8) is 0 Å². The molecule has 0 unspecified atom stereocenters. The number of carbonyl (C=O) groups excluding carboxylic acids is 1. The van der Waals surface area contributed by atoms with Crippen LogP contribution >= 0.6 is 0 Å². The second kappa shape index (κ2) is 7.20. The summed E-state index contributed by atoms with van der Waals surface area (Å²) in [5, 5.41) is 0. The maximum atomic E-state index is 12.6. The standard InChI is InChI=1S/C14H14F6O3/c1-3-10(21)11(8-4-6-9(22-2)7-5-8)23-12(13(15,16)17)14(18,19)20/h4-7,11-12H,3H2,1-2H3/t11-/m1/s1. The molecule has 0 aliphatic heterocycles. The first-order valence-corrected chi connectivity index (χ1v) is 6.46. The first-order valence-electron chi connectivity index (χ1n) is 6.46. The van der Waals surface area contributed by atoms with E-state index in [0.717, 1.165) is 0 Å². The molecule has 0 fully saturated rings. The van der Waals surface area contributed by atoms with Crippen LogP contribution in [0.15, 0.2) is 24.3 Å². The molecule has 0 amide bonds. The van der Waals surface area contributed by atoms with Gasteiger partial charge in [-0.25, -0.2) is 0 Å². The van der Waals surface area contributed by atoms with E-state index in [1.54, 1.807) is 0 Å². The van der Waals surface area contributed by atoms with Gasteiger partial charge in [-0.15, -0.1) is 0 Å². The largest absolute Gasteiger partial charge is 0.497 e. The van der Waals surface area contributed by atoms with E-state index in [4.69, 9.17) is 4.74 Å². The van der Waals surface area contributed by atoms with E-state index in [-0.39, 0.29) is 12.0 Å². The fourth-order valence-corrected chi connectivity index (χ4v) is 1.78. The molecule has 1 aromatic rings. The Morgan fingerprint density at radius 1 is 1.04 bits per heavy atom. The summed E-state index contributed by atoms with van der Waals surface area (Å²) in [4.78, 5) is 11.8. The minimum atomic E-state index is -5.68. The number of hydrogen-bond acceptors (Lipinski definition) is 3. The first-order chi connectivity index (χ1) is 10.5. The number of benzene rings is 1. The van der Waals surface area contributed by atoms with Gasteiger partial charge in [0, 0.05) is 6.42 Å². The van der Waals surface area contributed by atoms with Crippen LogP contribution in [0.4, 0.5) is 26.3 Å². The molecule has 0 aliphatic rings. The Hall–Kier alpha value is -1.77. The van der Waals surface area contributed by atoms with Gasteiger partial charge in [-0.05, 0) is 17.7 Å². The SMILES string of the molecule is CCC(=O)[C@H](OC(C(F)(F)F)C(F)(F)F)c1ccc(OC)cc1. The minimum absolute atomic E-state index is 0.115. The van der Waals surface area contributed by atoms with Crippen molar-refractivity contribution >= 4 is 5.78 Å². The van der Waals surface area contributed by atoms with Gasteiger partial charge in [0.1, 0.15) is 11.9 Å². The van der Waals surface area contributed by atoms with E-state index < -0.39 is 30.3 Å². The maximum absolute atomic E-state index is 12.6. The summed E-state index contributed by atoms with van der Waals surface area (Å²) in [6.45, 7) is 1.32. The van der Waals surface area contributed by atoms with E-state index in [0.29, 0.717) is 5.75 Å². The number of ketones is 1. The molecule has 1 atom stereocenters. The fourth-order valence-electron chi connectivity index (χ4n) is 1.78. The monoisotopic (exact) mass is 344 g/mol. The van der Waals surface area contributed by atoms with Crippen LogP contribution < -0.4 is 4.74 Å². The highest BCUT2D eigenvalue weighted by Gasteiger charge is 2.59. The third kappa shape index (κ3) is 5.12. The van der Waals surface area contributed by atoms with E-state index >= 15 is 0 Å². The Balaban J connectivity index is 3.17. The summed E-state index contributed by atoms with van der Waals surface area (Å²) >= 11 is 0. The molecule has 0 bridgehead atoms. The molecule has 0 aliphatic carbocycles. The molecule has 0 heterocycles. The molecule has 1 aromatic carbocycles. The van der Waals surface area contributed by atoms with Crippen LogP contribution in [0.1, 0.15) is 25.0 Å². The van der Waals surface area contributed by atoms with E-state index in [1.165, 1.54) is 38.3 Å². The first kappa shape index (κ1) is 19.3. The number of halogens is 6. The fraction of sp³-hybridized carbons (Fsp3) is 0.500. The van der Waals surface area contributed by atoms with Gasteiger partial charge >= 0.3 is 12.4 Å². The highest BCUT2D eigenvalue weighted by atomic mass is 19.4. The molecule has 0 radical (unpaired) electrons. The van der Waals surface area contributed by atoms with Crippen molar-refractivity contribution < 1.29 is 40.6 Å². The van der Waals surface area contributed by atoms with Crippen molar-refractivity contribution in [3.8, 4) is 5.75 Å². The Kier molecular flexibility index (Phi) is 6.04. The molecule has 0 saturated heterocycles. The second-order valence-electron chi connectivity index (χ2n) is 4.57. The molecular weight excluding hydrogens is 330 g/mol. The molecule has 1 rings (SSSR count). The van der Waals surface area contributed by atoms with Crippen molar-refractivity contribution in [2.45, 2.75) is 37.9 Å². The zero-order valence-corrected chi connectivity index (χ0v) is 12.2. The predicted molar refractivity (Wildman–Crippen MR) is 68.0 cm³/mol. The van der Waals surface area contributed by atoms with E-state index in [1.807, 2.05) is 0 Å². The van der Waals surface area contributed by atoms with Crippen LogP contribution in [0.2, 0.25) is 0 Å². The summed E-state index contributed by atoms with van der Waals surface area (Å²) < 4.78 is 84.6. The third-order valence-electron chi connectivity index (χ3n) is 2.93. The zero-order valence-electron chi connectivity index (χ0n) is 12.2. The van der Waals surface area contributed by atoms with E-state index in [9.17, 15) is 31.1 Å². The Bertz CT molecular complexity index is 507. The number of Topliss-reactive ketones (excluding diaryl/α,β-unsaturated/α-hetero) is 1. The molecule has 0 saturated carbocycles. The molecule has 0 N–H and O–H groups in total. The van der Waals surface area contributed by atoms with Gasteiger partial charge in [-0.1, -0.05) is 19.1 Å². The van der Waals surface area contributed by atoms with Gasteiger partial charge in [0.05, 0.1) is 7.11 Å². The Morgan fingerprint density at radius 3 is 1.87 bits per heavy atom. The number of hydrogen-bond donors (Lipinski definition) is 0. The van der Waals surface area contributed by atoms with Gasteiger partial charge in [0.25, 0.3) is 0 Å². The predicted octanol–water partition coefficient (Wildman–Crippen LogP) is 4.23. The lowest BCUT2D eigenvalue weighted by atomic mass is 10.0. The second-order valence-corrected chi connectivity index (χ2v) is 4.57. The van der Waals surface area contributed by atoms with Gasteiger partial charge in [-0.2, -0.15) is 26.3 Å². The van der Waals surface area contributed by atoms with Crippen LogP contribution in [0.25, 0.3) is 0 Å². The lowest BCUT2D eigenvalue weighted by molar-refractivity contribution is -0.329. The van der Waals surface area contributed by atoms with Crippen LogP contribution in [-0.2, 0) is 9.53 Å². The number of rotatable bonds is 6. The molecule has 9 heteroatoms. The van der Waals surface area contributed by atoms with Crippen molar-refractivity contribution in [2.24, 2.45) is 0 Å². The van der Waals surface area contributed by atoms with Crippen LogP contribution in [0.3, 0.4) is 0 Å².